The van der Waals surface area contributed by atoms with E-state index in [1.165, 1.54) is 6.33 Å². The molecule has 0 radical (unpaired) electrons. The minimum atomic E-state index is -0.841. The van der Waals surface area contributed by atoms with E-state index in [4.69, 9.17) is 5.11 Å². The quantitative estimate of drug-likeness (QED) is 0.798. The zero-order valence-electron chi connectivity index (χ0n) is 10.6. The van der Waals surface area contributed by atoms with Gasteiger partial charge in [0.05, 0.1) is 5.41 Å². The van der Waals surface area contributed by atoms with Gasteiger partial charge in [-0.05, 0) is 13.8 Å². The molecule has 0 aliphatic heterocycles. The van der Waals surface area contributed by atoms with Gasteiger partial charge in [-0.3, -0.25) is 4.79 Å². The summed E-state index contributed by atoms with van der Waals surface area (Å²) in [7, 11) is 3.76. The lowest BCUT2D eigenvalue weighted by Crippen LogP contribution is -2.32. The highest BCUT2D eigenvalue weighted by molar-refractivity contribution is 5.74. The monoisotopic (exact) mass is 238 g/mol. The Bertz CT molecular complexity index is 404. The van der Waals surface area contributed by atoms with Gasteiger partial charge in [0, 0.05) is 26.7 Å². The van der Waals surface area contributed by atoms with Gasteiger partial charge >= 0.3 is 5.97 Å². The molecule has 0 fully saturated rings. The van der Waals surface area contributed by atoms with Crippen LogP contribution in [0.4, 0.5) is 11.6 Å². The van der Waals surface area contributed by atoms with Crippen molar-refractivity contribution in [2.45, 2.75) is 13.8 Å². The standard InChI is InChI=1S/C11H18N4O2/c1-11(2,10(16)17)6-12-8-5-9(15(3)4)14-7-13-8/h5,7H,6H2,1-4H3,(H,16,17)(H,12,13,14). The normalized spacial score (nSPS) is 11.1. The number of anilines is 2. The SMILES string of the molecule is CN(C)c1cc(NCC(C)(C)C(=O)O)ncn1. The summed E-state index contributed by atoms with van der Waals surface area (Å²) in [6.07, 6.45) is 1.45. The van der Waals surface area contributed by atoms with Crippen LogP contribution < -0.4 is 10.2 Å². The minimum Gasteiger partial charge on any atom is -0.481 e. The van der Waals surface area contributed by atoms with Gasteiger partial charge in [-0.15, -0.1) is 0 Å². The van der Waals surface area contributed by atoms with E-state index in [0.717, 1.165) is 5.82 Å². The van der Waals surface area contributed by atoms with Crippen molar-refractivity contribution in [1.29, 1.82) is 0 Å². The van der Waals surface area contributed by atoms with Gasteiger partial charge in [-0.2, -0.15) is 0 Å². The molecule has 0 saturated heterocycles. The molecule has 1 aromatic rings. The van der Waals surface area contributed by atoms with Gasteiger partial charge in [0.2, 0.25) is 0 Å². The molecule has 0 aromatic carbocycles. The topological polar surface area (TPSA) is 78.4 Å². The smallest absolute Gasteiger partial charge is 0.310 e. The first-order valence-electron chi connectivity index (χ1n) is 5.29. The zero-order valence-corrected chi connectivity index (χ0v) is 10.6. The second kappa shape index (κ2) is 4.99. The van der Waals surface area contributed by atoms with Crippen LogP contribution in [0.15, 0.2) is 12.4 Å². The van der Waals surface area contributed by atoms with Crippen LogP contribution in [-0.2, 0) is 4.79 Å². The van der Waals surface area contributed by atoms with Crippen molar-refractivity contribution in [3.05, 3.63) is 12.4 Å². The highest BCUT2D eigenvalue weighted by Crippen LogP contribution is 2.17. The molecule has 0 amide bonds. The molecule has 2 N–H and O–H groups in total. The lowest BCUT2D eigenvalue weighted by Gasteiger charge is -2.20. The molecular weight excluding hydrogens is 220 g/mol. The molecule has 0 atom stereocenters. The maximum absolute atomic E-state index is 10.9. The number of nitrogens with one attached hydrogen (secondary N) is 1. The second-order valence-electron chi connectivity index (χ2n) is 4.70. The van der Waals surface area contributed by atoms with E-state index in [9.17, 15) is 4.79 Å². The van der Waals surface area contributed by atoms with Crippen LogP contribution in [0.25, 0.3) is 0 Å². The first kappa shape index (κ1) is 13.2. The van der Waals surface area contributed by atoms with E-state index in [1.807, 2.05) is 19.0 Å². The number of rotatable bonds is 5. The first-order valence-corrected chi connectivity index (χ1v) is 5.29. The fourth-order valence-corrected chi connectivity index (χ4v) is 1.08. The number of aromatic nitrogens is 2. The van der Waals surface area contributed by atoms with E-state index >= 15 is 0 Å². The minimum absolute atomic E-state index is 0.312. The largest absolute Gasteiger partial charge is 0.481 e. The van der Waals surface area contributed by atoms with Crippen molar-refractivity contribution in [2.75, 3.05) is 30.9 Å². The van der Waals surface area contributed by atoms with Gasteiger partial charge in [-0.25, -0.2) is 9.97 Å². The molecule has 94 valence electrons. The number of hydrogen-bond acceptors (Lipinski definition) is 5. The van der Waals surface area contributed by atoms with Gasteiger partial charge < -0.3 is 15.3 Å². The van der Waals surface area contributed by atoms with Crippen LogP contribution >= 0.6 is 0 Å². The van der Waals surface area contributed by atoms with Crippen molar-refractivity contribution < 1.29 is 9.90 Å². The van der Waals surface area contributed by atoms with E-state index in [0.29, 0.717) is 12.4 Å². The summed E-state index contributed by atoms with van der Waals surface area (Å²) >= 11 is 0. The average molecular weight is 238 g/mol. The molecule has 0 saturated carbocycles. The van der Waals surface area contributed by atoms with Gasteiger partial charge in [0.15, 0.2) is 0 Å². The van der Waals surface area contributed by atoms with E-state index in [1.54, 1.807) is 19.9 Å². The fraction of sp³-hybridized carbons (Fsp3) is 0.545. The molecule has 0 aliphatic carbocycles. The average Bonchev–Trinajstić information content (AvgIpc) is 2.26. The molecule has 1 heterocycles. The Morgan fingerprint density at radius 3 is 2.65 bits per heavy atom. The van der Waals surface area contributed by atoms with Gasteiger partial charge in [-0.1, -0.05) is 0 Å². The number of carboxylic acids is 1. The Labute approximate surface area is 101 Å². The van der Waals surface area contributed by atoms with E-state index in [-0.39, 0.29) is 0 Å². The van der Waals surface area contributed by atoms with Crippen LogP contribution in [-0.4, -0.2) is 41.7 Å². The molecule has 0 bridgehead atoms. The number of hydrogen-bond donors (Lipinski definition) is 2. The molecular formula is C11H18N4O2. The first-order chi connectivity index (χ1) is 7.83. The third-order valence-electron chi connectivity index (χ3n) is 2.40. The Morgan fingerprint density at radius 1 is 1.47 bits per heavy atom. The molecule has 17 heavy (non-hydrogen) atoms. The van der Waals surface area contributed by atoms with Crippen LogP contribution in [0.5, 0.6) is 0 Å². The summed E-state index contributed by atoms with van der Waals surface area (Å²) in [5.74, 6) is 0.556. The third kappa shape index (κ3) is 3.58. The molecule has 0 aliphatic rings. The molecule has 1 rings (SSSR count). The molecule has 0 spiro atoms. The molecule has 1 aromatic heterocycles. The second-order valence-corrected chi connectivity index (χ2v) is 4.70. The van der Waals surface area contributed by atoms with Crippen molar-refractivity contribution in [3.63, 3.8) is 0 Å². The van der Waals surface area contributed by atoms with Crippen molar-refractivity contribution in [1.82, 2.24) is 9.97 Å². The Balaban J connectivity index is 2.70. The van der Waals surface area contributed by atoms with Crippen LogP contribution in [0.2, 0.25) is 0 Å². The third-order valence-corrected chi connectivity index (χ3v) is 2.40. The number of carboxylic acid groups (broad SMARTS) is 1. The van der Waals surface area contributed by atoms with E-state index < -0.39 is 11.4 Å². The predicted octanol–water partition coefficient (Wildman–Crippen LogP) is 1.07. The van der Waals surface area contributed by atoms with Gasteiger partial charge in [0.25, 0.3) is 0 Å². The lowest BCUT2D eigenvalue weighted by atomic mass is 9.94. The zero-order chi connectivity index (χ0) is 13.1. The summed E-state index contributed by atoms with van der Waals surface area (Å²) in [4.78, 5) is 20.9. The number of nitrogens with zero attached hydrogens (tertiary/aromatic N) is 3. The number of carbonyl (C=O) groups is 1. The summed E-state index contributed by atoms with van der Waals surface area (Å²) in [5.41, 5.74) is -0.830. The summed E-state index contributed by atoms with van der Waals surface area (Å²) in [5, 5.41) is 12.0. The highest BCUT2D eigenvalue weighted by atomic mass is 16.4. The van der Waals surface area contributed by atoms with Crippen molar-refractivity contribution in [3.8, 4) is 0 Å². The van der Waals surface area contributed by atoms with E-state index in [2.05, 4.69) is 15.3 Å². The molecule has 6 nitrogen and oxygen atoms in total. The van der Waals surface area contributed by atoms with Crippen LogP contribution in [0.1, 0.15) is 13.8 Å². The summed E-state index contributed by atoms with van der Waals surface area (Å²) in [6, 6.07) is 1.78. The van der Waals surface area contributed by atoms with Gasteiger partial charge in [0.1, 0.15) is 18.0 Å². The van der Waals surface area contributed by atoms with Crippen molar-refractivity contribution in [2.24, 2.45) is 5.41 Å². The Hall–Kier alpha value is -1.85. The van der Waals surface area contributed by atoms with Crippen LogP contribution in [0.3, 0.4) is 0 Å². The lowest BCUT2D eigenvalue weighted by molar-refractivity contribution is -0.146. The number of aliphatic carboxylic acids is 1. The maximum Gasteiger partial charge on any atom is 0.310 e. The molecule has 0 unspecified atom stereocenters. The maximum atomic E-state index is 10.9. The molecule has 6 heteroatoms. The Morgan fingerprint density at radius 2 is 2.12 bits per heavy atom. The van der Waals surface area contributed by atoms with Crippen LogP contribution in [0, 0.1) is 5.41 Å². The fourth-order valence-electron chi connectivity index (χ4n) is 1.08. The highest BCUT2D eigenvalue weighted by Gasteiger charge is 2.26. The van der Waals surface area contributed by atoms with Crippen molar-refractivity contribution >= 4 is 17.6 Å². The predicted molar refractivity (Wildman–Crippen MR) is 66.3 cm³/mol. The summed E-state index contributed by atoms with van der Waals surface area (Å²) < 4.78 is 0. The Kier molecular flexibility index (Phi) is 3.88. The summed E-state index contributed by atoms with van der Waals surface area (Å²) in [6.45, 7) is 3.64.